The predicted molar refractivity (Wildman–Crippen MR) is 96.1 cm³/mol. The molecular weight excluding hydrogens is 314 g/mol. The molecule has 4 rings (SSSR count). The van der Waals surface area contributed by atoms with Crippen molar-refractivity contribution < 1.29 is 4.79 Å². The smallest absolute Gasteiger partial charge is 0.272 e. The molecule has 25 heavy (non-hydrogen) atoms. The second kappa shape index (κ2) is 7.03. The van der Waals surface area contributed by atoms with Crippen LogP contribution in [0.4, 0.5) is 0 Å². The average molecular weight is 335 g/mol. The van der Waals surface area contributed by atoms with Crippen LogP contribution in [0.3, 0.4) is 0 Å². The van der Waals surface area contributed by atoms with Gasteiger partial charge >= 0.3 is 0 Å². The number of pyridine rings is 1. The van der Waals surface area contributed by atoms with E-state index in [0.29, 0.717) is 5.69 Å². The summed E-state index contributed by atoms with van der Waals surface area (Å²) in [4.78, 5) is 19.2. The Labute approximate surface area is 146 Å². The first-order chi connectivity index (χ1) is 12.3. The molecule has 2 aromatic heterocycles. The summed E-state index contributed by atoms with van der Waals surface area (Å²) in [6.07, 6.45) is 5.76. The summed E-state index contributed by atoms with van der Waals surface area (Å²) in [6.45, 7) is 2.77. The van der Waals surface area contributed by atoms with Crippen molar-refractivity contribution in [2.45, 2.75) is 25.4 Å². The summed E-state index contributed by atoms with van der Waals surface area (Å²) < 4.78 is 0. The molecule has 0 unspecified atom stereocenters. The fourth-order valence-electron chi connectivity index (χ4n) is 3.46. The number of H-pyrrole nitrogens is 1. The van der Waals surface area contributed by atoms with Gasteiger partial charge in [0.25, 0.3) is 5.91 Å². The highest BCUT2D eigenvalue weighted by Gasteiger charge is 2.23. The maximum absolute atomic E-state index is 12.6. The van der Waals surface area contributed by atoms with Crippen LogP contribution in [0, 0.1) is 0 Å². The van der Waals surface area contributed by atoms with Crippen molar-refractivity contribution >= 4 is 16.8 Å². The molecule has 1 fully saturated rings. The van der Waals surface area contributed by atoms with Crippen molar-refractivity contribution in [1.82, 2.24) is 25.4 Å². The van der Waals surface area contributed by atoms with Gasteiger partial charge in [0.2, 0.25) is 0 Å². The molecule has 1 saturated heterocycles. The van der Waals surface area contributed by atoms with Crippen LogP contribution in [0.2, 0.25) is 0 Å². The van der Waals surface area contributed by atoms with E-state index in [1.807, 2.05) is 36.5 Å². The number of aromatic amines is 1. The number of rotatable bonds is 4. The monoisotopic (exact) mass is 335 g/mol. The second-order valence-electron chi connectivity index (χ2n) is 6.53. The number of amides is 1. The Balaban J connectivity index is 1.41. The largest absolute Gasteiger partial charge is 0.347 e. The Morgan fingerprint density at radius 2 is 2.20 bits per heavy atom. The number of hydrogen-bond acceptors (Lipinski definition) is 4. The lowest BCUT2D eigenvalue weighted by Crippen LogP contribution is -2.47. The highest BCUT2D eigenvalue weighted by molar-refractivity contribution is 6.04. The van der Waals surface area contributed by atoms with Gasteiger partial charge in [-0.25, -0.2) is 0 Å². The number of aromatic nitrogens is 3. The number of benzene rings is 1. The number of carbonyl (C=O) groups excluding carboxylic acids is 1. The molecule has 1 aliphatic rings. The third-order valence-corrected chi connectivity index (χ3v) is 4.66. The molecule has 1 aromatic carbocycles. The number of hydrogen-bond donors (Lipinski definition) is 2. The van der Waals surface area contributed by atoms with Gasteiger partial charge in [0.15, 0.2) is 5.69 Å². The van der Waals surface area contributed by atoms with Gasteiger partial charge in [-0.15, -0.1) is 0 Å². The van der Waals surface area contributed by atoms with Crippen LogP contribution < -0.4 is 5.32 Å². The Morgan fingerprint density at radius 3 is 3.08 bits per heavy atom. The number of likely N-dealkylation sites (tertiary alicyclic amines) is 1. The van der Waals surface area contributed by atoms with Gasteiger partial charge in [0.1, 0.15) is 0 Å². The summed E-state index contributed by atoms with van der Waals surface area (Å²) in [5.74, 6) is -0.106. The highest BCUT2D eigenvalue weighted by Crippen LogP contribution is 2.17. The van der Waals surface area contributed by atoms with E-state index in [9.17, 15) is 4.79 Å². The van der Waals surface area contributed by atoms with Crippen molar-refractivity contribution in [2.24, 2.45) is 0 Å². The third-order valence-electron chi connectivity index (χ3n) is 4.66. The quantitative estimate of drug-likeness (QED) is 0.767. The van der Waals surface area contributed by atoms with Gasteiger partial charge in [-0.05, 0) is 37.1 Å². The summed E-state index contributed by atoms with van der Waals surface area (Å²) >= 11 is 0. The van der Waals surface area contributed by atoms with E-state index >= 15 is 0 Å². The van der Waals surface area contributed by atoms with Crippen molar-refractivity contribution in [2.75, 3.05) is 13.1 Å². The normalized spacial score (nSPS) is 18.3. The first-order valence-electron chi connectivity index (χ1n) is 8.65. The molecule has 0 aliphatic carbocycles. The molecule has 2 N–H and O–H groups in total. The van der Waals surface area contributed by atoms with Gasteiger partial charge in [0.05, 0.1) is 5.52 Å². The highest BCUT2D eigenvalue weighted by atomic mass is 16.2. The molecule has 3 heterocycles. The standard InChI is InChI=1S/C19H21N5O/c25-19(18-16-7-1-2-8-17(16)22-23-18)21-15-6-4-10-24(13-15)12-14-5-3-9-20-11-14/h1-3,5,7-9,11,15H,4,6,10,12-13H2,(H,21,25)(H,22,23)/t15-/m1/s1. The number of nitrogens with zero attached hydrogens (tertiary/aromatic N) is 3. The van der Waals surface area contributed by atoms with Crippen molar-refractivity contribution in [1.29, 1.82) is 0 Å². The number of piperidine rings is 1. The summed E-state index contributed by atoms with van der Waals surface area (Å²) in [6, 6.07) is 11.9. The number of para-hydroxylation sites is 1. The molecule has 1 atom stereocenters. The Kier molecular flexibility index (Phi) is 4.43. The second-order valence-corrected chi connectivity index (χ2v) is 6.53. The molecule has 0 bridgehead atoms. The topological polar surface area (TPSA) is 73.9 Å². The van der Waals surface area contributed by atoms with Crippen LogP contribution in [-0.2, 0) is 6.54 Å². The van der Waals surface area contributed by atoms with Crippen molar-refractivity contribution in [3.8, 4) is 0 Å². The Morgan fingerprint density at radius 1 is 1.28 bits per heavy atom. The summed E-state index contributed by atoms with van der Waals surface area (Å²) in [7, 11) is 0. The lowest BCUT2D eigenvalue weighted by atomic mass is 10.0. The fraction of sp³-hybridized carbons (Fsp3) is 0.316. The zero-order valence-electron chi connectivity index (χ0n) is 14.0. The predicted octanol–water partition coefficient (Wildman–Crippen LogP) is 2.35. The minimum atomic E-state index is -0.106. The SMILES string of the molecule is O=C(N[C@@H]1CCCN(Cc2cccnc2)C1)c1n[nH]c2ccccc12. The van der Waals surface area contributed by atoms with Crippen LogP contribution in [0.1, 0.15) is 28.9 Å². The van der Waals surface area contributed by atoms with Gasteiger partial charge < -0.3 is 5.32 Å². The summed E-state index contributed by atoms with van der Waals surface area (Å²) in [5.41, 5.74) is 2.56. The van der Waals surface area contributed by atoms with Gasteiger partial charge in [-0.2, -0.15) is 5.10 Å². The lowest BCUT2D eigenvalue weighted by molar-refractivity contribution is 0.0897. The van der Waals surface area contributed by atoms with Gasteiger partial charge in [0, 0.05) is 36.9 Å². The number of carbonyl (C=O) groups is 1. The average Bonchev–Trinajstić information content (AvgIpc) is 3.07. The molecular formula is C19H21N5O. The maximum Gasteiger partial charge on any atom is 0.272 e. The van der Waals surface area contributed by atoms with Crippen LogP contribution in [0.25, 0.3) is 10.9 Å². The van der Waals surface area contributed by atoms with E-state index in [-0.39, 0.29) is 11.9 Å². The number of fused-ring (bicyclic) bond motifs is 1. The summed E-state index contributed by atoms with van der Waals surface area (Å²) in [5, 5.41) is 11.1. The van der Waals surface area contributed by atoms with E-state index in [1.165, 1.54) is 5.56 Å². The van der Waals surface area contributed by atoms with Crippen molar-refractivity contribution in [3.05, 3.63) is 60.0 Å². The van der Waals surface area contributed by atoms with Gasteiger partial charge in [-0.3, -0.25) is 19.8 Å². The molecule has 128 valence electrons. The lowest BCUT2D eigenvalue weighted by Gasteiger charge is -2.33. The third kappa shape index (κ3) is 3.53. The minimum Gasteiger partial charge on any atom is -0.347 e. The van der Waals surface area contributed by atoms with Crippen LogP contribution in [-0.4, -0.2) is 45.1 Å². The molecule has 3 aromatic rings. The van der Waals surface area contributed by atoms with Crippen LogP contribution in [0.15, 0.2) is 48.8 Å². The van der Waals surface area contributed by atoms with Crippen LogP contribution in [0.5, 0.6) is 0 Å². The van der Waals surface area contributed by atoms with E-state index in [1.54, 1.807) is 6.20 Å². The van der Waals surface area contributed by atoms with E-state index < -0.39 is 0 Å². The zero-order chi connectivity index (χ0) is 17.1. The molecule has 0 radical (unpaired) electrons. The number of nitrogens with one attached hydrogen (secondary N) is 2. The Bertz CT molecular complexity index is 860. The molecule has 1 amide bonds. The molecule has 0 saturated carbocycles. The van der Waals surface area contributed by atoms with E-state index in [4.69, 9.17) is 0 Å². The zero-order valence-corrected chi connectivity index (χ0v) is 14.0. The first kappa shape index (κ1) is 15.8. The first-order valence-corrected chi connectivity index (χ1v) is 8.65. The molecule has 0 spiro atoms. The van der Waals surface area contributed by atoms with Gasteiger partial charge in [-0.1, -0.05) is 24.3 Å². The van der Waals surface area contributed by atoms with E-state index in [2.05, 4.69) is 31.5 Å². The molecule has 6 heteroatoms. The fourth-order valence-corrected chi connectivity index (χ4v) is 3.46. The van der Waals surface area contributed by atoms with Crippen LogP contribution >= 0.6 is 0 Å². The Hall–Kier alpha value is -2.73. The minimum absolute atomic E-state index is 0.106. The molecule has 6 nitrogen and oxygen atoms in total. The van der Waals surface area contributed by atoms with E-state index in [0.717, 1.165) is 43.4 Å². The van der Waals surface area contributed by atoms with Crippen molar-refractivity contribution in [3.63, 3.8) is 0 Å². The molecule has 1 aliphatic heterocycles. The maximum atomic E-state index is 12.6.